The van der Waals surface area contributed by atoms with Gasteiger partial charge in [-0.2, -0.15) is 0 Å². The van der Waals surface area contributed by atoms with Gasteiger partial charge in [0, 0.05) is 0 Å². The highest BCUT2D eigenvalue weighted by Crippen LogP contribution is 2.74. The van der Waals surface area contributed by atoms with E-state index in [9.17, 15) is 9.90 Å². The number of ether oxygens (including phenoxy) is 1. The zero-order valence-corrected chi connectivity index (χ0v) is 22.2. The smallest absolute Gasteiger partial charge is 0.312 e. The van der Waals surface area contributed by atoms with Crippen molar-refractivity contribution in [1.82, 2.24) is 0 Å². The average molecular weight is 457 g/mol. The molecule has 0 heterocycles. The molecule has 186 valence electrons. The van der Waals surface area contributed by atoms with E-state index in [4.69, 9.17) is 4.74 Å². The molecule has 5 aliphatic carbocycles. The van der Waals surface area contributed by atoms with Gasteiger partial charge in [0.15, 0.2) is 0 Å². The summed E-state index contributed by atoms with van der Waals surface area (Å²) in [6, 6.07) is 0. The molecule has 33 heavy (non-hydrogen) atoms. The van der Waals surface area contributed by atoms with E-state index in [2.05, 4.69) is 47.6 Å². The van der Waals surface area contributed by atoms with E-state index in [0.717, 1.165) is 44.9 Å². The van der Waals surface area contributed by atoms with Crippen LogP contribution >= 0.6 is 0 Å². The number of hydrogen-bond donors (Lipinski definition) is 1. The van der Waals surface area contributed by atoms with Crippen molar-refractivity contribution in [2.45, 2.75) is 105 Å². The molecule has 0 radical (unpaired) electrons. The maximum atomic E-state index is 13.3. The number of methoxy groups -OCH3 is 1. The van der Waals surface area contributed by atoms with E-state index in [1.54, 1.807) is 12.7 Å². The topological polar surface area (TPSA) is 46.5 Å². The summed E-state index contributed by atoms with van der Waals surface area (Å²) in [7, 11) is 1.60. The molecular formula is C30H48O3. The van der Waals surface area contributed by atoms with Crippen molar-refractivity contribution < 1.29 is 14.6 Å². The van der Waals surface area contributed by atoms with Crippen molar-refractivity contribution in [2.24, 2.45) is 57.2 Å². The molecular weight excluding hydrogens is 408 g/mol. The maximum absolute atomic E-state index is 13.3. The van der Waals surface area contributed by atoms with Gasteiger partial charge in [0.1, 0.15) is 0 Å². The lowest BCUT2D eigenvalue weighted by Crippen LogP contribution is -2.64. The summed E-state index contributed by atoms with van der Waals surface area (Å²) in [5.41, 5.74) is 2.01. The molecule has 5 rings (SSSR count). The van der Waals surface area contributed by atoms with Crippen molar-refractivity contribution in [2.75, 3.05) is 7.11 Å². The Morgan fingerprint density at radius 1 is 0.970 bits per heavy atom. The quantitative estimate of drug-likeness (QED) is 0.349. The SMILES string of the molecule is COC(=O)[C@]12CC[C@@H](C)[C@H](C)[C@H]1C1=CC[C@@H]3[C@@]4(C)CC[C@H](O)C(C)C4CC[C@@]3(C)[C@]1(C)CC2. The van der Waals surface area contributed by atoms with Gasteiger partial charge in [-0.15, -0.1) is 0 Å². The first kappa shape index (κ1) is 23.9. The van der Waals surface area contributed by atoms with Crippen LogP contribution in [0.5, 0.6) is 0 Å². The van der Waals surface area contributed by atoms with Gasteiger partial charge in [0.25, 0.3) is 0 Å². The fraction of sp³-hybridized carbons (Fsp3) is 0.900. The highest BCUT2D eigenvalue weighted by Gasteiger charge is 2.68. The predicted molar refractivity (Wildman–Crippen MR) is 132 cm³/mol. The molecule has 11 atom stereocenters. The zero-order chi connectivity index (χ0) is 24.0. The summed E-state index contributed by atoms with van der Waals surface area (Å²) in [5, 5.41) is 10.7. The Morgan fingerprint density at radius 3 is 2.39 bits per heavy atom. The molecule has 3 nitrogen and oxygen atoms in total. The molecule has 0 spiro atoms. The summed E-state index contributed by atoms with van der Waals surface area (Å²) < 4.78 is 5.50. The van der Waals surface area contributed by atoms with Crippen LogP contribution in [0.15, 0.2) is 11.6 Å². The van der Waals surface area contributed by atoms with Crippen LogP contribution in [0.25, 0.3) is 0 Å². The van der Waals surface area contributed by atoms with Crippen LogP contribution < -0.4 is 0 Å². The number of aliphatic hydroxyl groups is 1. The minimum Gasteiger partial charge on any atom is -0.469 e. The van der Waals surface area contributed by atoms with Crippen LogP contribution in [0, 0.1) is 57.2 Å². The van der Waals surface area contributed by atoms with Crippen molar-refractivity contribution in [1.29, 1.82) is 0 Å². The van der Waals surface area contributed by atoms with Gasteiger partial charge in [-0.3, -0.25) is 4.79 Å². The van der Waals surface area contributed by atoms with Crippen molar-refractivity contribution in [3.63, 3.8) is 0 Å². The molecule has 0 saturated heterocycles. The zero-order valence-electron chi connectivity index (χ0n) is 22.2. The van der Waals surface area contributed by atoms with Crippen LogP contribution in [0.3, 0.4) is 0 Å². The normalized spacial score (nSPS) is 55.9. The Hall–Kier alpha value is -0.830. The molecule has 4 saturated carbocycles. The summed E-state index contributed by atoms with van der Waals surface area (Å²) in [6.07, 6.45) is 12.5. The van der Waals surface area contributed by atoms with E-state index in [1.165, 1.54) is 12.8 Å². The Kier molecular flexibility index (Phi) is 5.49. The largest absolute Gasteiger partial charge is 0.469 e. The van der Waals surface area contributed by atoms with E-state index in [0.29, 0.717) is 40.9 Å². The van der Waals surface area contributed by atoms with Gasteiger partial charge in [0.05, 0.1) is 18.6 Å². The molecule has 2 unspecified atom stereocenters. The minimum atomic E-state index is -0.320. The fourth-order valence-electron chi connectivity index (χ4n) is 10.7. The molecule has 0 aromatic rings. The fourth-order valence-corrected chi connectivity index (χ4v) is 10.7. The Morgan fingerprint density at radius 2 is 1.70 bits per heavy atom. The van der Waals surface area contributed by atoms with Crippen LogP contribution in [-0.4, -0.2) is 24.3 Å². The third-order valence-electron chi connectivity index (χ3n) is 13.1. The lowest BCUT2D eigenvalue weighted by Gasteiger charge is -2.70. The van der Waals surface area contributed by atoms with E-state index in [-0.39, 0.29) is 28.3 Å². The maximum Gasteiger partial charge on any atom is 0.312 e. The molecule has 3 heteroatoms. The van der Waals surface area contributed by atoms with Gasteiger partial charge >= 0.3 is 5.97 Å². The van der Waals surface area contributed by atoms with Gasteiger partial charge in [-0.1, -0.05) is 53.2 Å². The van der Waals surface area contributed by atoms with Crippen molar-refractivity contribution >= 4 is 5.97 Å². The Labute approximate surface area is 202 Å². The monoisotopic (exact) mass is 456 g/mol. The Balaban J connectivity index is 1.60. The summed E-state index contributed by atoms with van der Waals surface area (Å²) in [4.78, 5) is 13.3. The first-order chi connectivity index (χ1) is 15.5. The molecule has 0 aliphatic heterocycles. The highest BCUT2D eigenvalue weighted by atomic mass is 16.5. The lowest BCUT2D eigenvalue weighted by molar-refractivity contribution is -0.190. The van der Waals surface area contributed by atoms with Gasteiger partial charge < -0.3 is 9.84 Å². The van der Waals surface area contributed by atoms with Gasteiger partial charge in [-0.25, -0.2) is 0 Å². The Bertz CT molecular complexity index is 847. The predicted octanol–water partition coefficient (Wildman–Crippen LogP) is 6.79. The number of fused-ring (bicyclic) bond motifs is 7. The number of esters is 1. The van der Waals surface area contributed by atoms with Crippen molar-refractivity contribution in [3.05, 3.63) is 11.6 Å². The first-order valence-electron chi connectivity index (χ1n) is 13.9. The van der Waals surface area contributed by atoms with Gasteiger partial charge in [0.2, 0.25) is 0 Å². The van der Waals surface area contributed by atoms with E-state index >= 15 is 0 Å². The lowest BCUT2D eigenvalue weighted by atomic mass is 9.34. The standard InChI is InChI=1S/C30H48O3/c1-18-10-15-30(26(32)33-7)17-16-28(5)22(25(30)19(18)2)8-9-24-27(4)13-12-23(31)20(3)21(27)11-14-29(24,28)6/h8,18-21,23-25,31H,9-17H2,1-7H3/t18-,19+,20?,21?,23+,24-,25+,27+,28-,29-,30+/m1/s1. The molecule has 1 N–H and O–H groups in total. The molecule has 0 amide bonds. The number of carbonyl (C=O) groups excluding carboxylic acids is 1. The summed E-state index contributed by atoms with van der Waals surface area (Å²) in [5.74, 6) is 3.23. The minimum absolute atomic E-state index is 0.0484. The number of rotatable bonds is 1. The first-order valence-corrected chi connectivity index (χ1v) is 13.9. The third-order valence-corrected chi connectivity index (χ3v) is 13.1. The third kappa shape index (κ3) is 2.87. The number of aliphatic hydroxyl groups excluding tert-OH is 1. The highest BCUT2D eigenvalue weighted by molar-refractivity contribution is 5.78. The molecule has 5 aliphatic rings. The second kappa shape index (κ2) is 7.58. The average Bonchev–Trinajstić information content (AvgIpc) is 2.79. The second-order valence-corrected chi connectivity index (χ2v) is 13.8. The van der Waals surface area contributed by atoms with Crippen LogP contribution in [-0.2, 0) is 9.53 Å². The van der Waals surface area contributed by atoms with E-state index < -0.39 is 0 Å². The van der Waals surface area contributed by atoms with Crippen LogP contribution in [0.4, 0.5) is 0 Å². The number of carbonyl (C=O) groups is 1. The summed E-state index contributed by atoms with van der Waals surface area (Å²) in [6.45, 7) is 14.9. The summed E-state index contributed by atoms with van der Waals surface area (Å²) >= 11 is 0. The number of allylic oxidation sites excluding steroid dienone is 2. The van der Waals surface area contributed by atoms with Crippen molar-refractivity contribution in [3.8, 4) is 0 Å². The second-order valence-electron chi connectivity index (χ2n) is 13.8. The number of hydrogen-bond acceptors (Lipinski definition) is 3. The molecule has 0 bridgehead atoms. The van der Waals surface area contributed by atoms with Gasteiger partial charge in [-0.05, 0) is 110 Å². The van der Waals surface area contributed by atoms with Crippen LogP contribution in [0.1, 0.15) is 99.3 Å². The molecule has 0 aromatic carbocycles. The van der Waals surface area contributed by atoms with E-state index in [1.807, 2.05) is 0 Å². The molecule has 4 fully saturated rings. The molecule has 0 aromatic heterocycles. The van der Waals surface area contributed by atoms with Crippen LogP contribution in [0.2, 0.25) is 0 Å².